The Kier molecular flexibility index (Phi) is 4.77. The molecular weight excluding hydrogens is 364 g/mol. The van der Waals surface area contributed by atoms with E-state index >= 15 is 0 Å². The maximum absolute atomic E-state index is 13.3. The van der Waals surface area contributed by atoms with Gasteiger partial charge in [-0.2, -0.15) is 5.10 Å². The molecule has 2 atom stereocenters. The molecule has 8 heteroatoms. The summed E-state index contributed by atoms with van der Waals surface area (Å²) in [4.78, 5) is 17.3. The van der Waals surface area contributed by atoms with Crippen LogP contribution in [0, 0.1) is 0 Å². The summed E-state index contributed by atoms with van der Waals surface area (Å²) in [5.41, 5.74) is 2.06. The van der Waals surface area contributed by atoms with E-state index in [4.69, 9.17) is 0 Å². The van der Waals surface area contributed by atoms with Crippen molar-refractivity contribution in [2.75, 3.05) is 31.1 Å². The number of aromatic amines is 1. The molecule has 2 aliphatic rings. The van der Waals surface area contributed by atoms with Gasteiger partial charge < -0.3 is 4.90 Å². The zero-order valence-corrected chi connectivity index (χ0v) is 16.2. The molecule has 144 valence electrons. The number of amides is 1. The molecule has 0 aliphatic carbocycles. The molecule has 0 unspecified atom stereocenters. The van der Waals surface area contributed by atoms with Gasteiger partial charge in [0.1, 0.15) is 0 Å². The second-order valence-corrected chi connectivity index (χ2v) is 9.42. The van der Waals surface area contributed by atoms with Gasteiger partial charge in [0.2, 0.25) is 0 Å². The number of hydrogen-bond acceptors (Lipinski definition) is 5. The molecule has 1 aromatic heterocycles. The largest absolute Gasteiger partial charge is 0.332 e. The molecule has 0 bridgehead atoms. The van der Waals surface area contributed by atoms with E-state index in [-0.39, 0.29) is 29.5 Å². The highest BCUT2D eigenvalue weighted by molar-refractivity contribution is 7.91. The maximum atomic E-state index is 13.3. The van der Waals surface area contributed by atoms with Crippen LogP contribution in [0.15, 0.2) is 36.5 Å². The second kappa shape index (κ2) is 7.09. The van der Waals surface area contributed by atoms with Crippen LogP contribution < -0.4 is 0 Å². The highest BCUT2D eigenvalue weighted by atomic mass is 32.2. The Morgan fingerprint density at radius 1 is 1.19 bits per heavy atom. The second-order valence-electron chi connectivity index (χ2n) is 7.27. The first-order valence-corrected chi connectivity index (χ1v) is 11.2. The molecule has 3 heterocycles. The Bertz CT molecular complexity index is 925. The topological polar surface area (TPSA) is 86.4 Å². The van der Waals surface area contributed by atoms with Crippen LogP contribution in [0.1, 0.15) is 23.7 Å². The third-order valence-corrected chi connectivity index (χ3v) is 7.19. The van der Waals surface area contributed by atoms with Crippen molar-refractivity contribution in [1.29, 1.82) is 0 Å². The standard InChI is InChI=1S/C19H24N4O3S/c1-2-8-22-9-10-23(17-13-27(25,26)12-16(17)22)19(24)15-11-20-21-18(15)14-6-4-3-5-7-14/h3-7,11,16-17H,2,8-10,12-13H2,1H3,(H,20,21)/t16-,17+/m1/s1. The van der Waals surface area contributed by atoms with Crippen molar-refractivity contribution in [1.82, 2.24) is 20.0 Å². The van der Waals surface area contributed by atoms with Gasteiger partial charge >= 0.3 is 0 Å². The maximum Gasteiger partial charge on any atom is 0.258 e. The molecule has 0 spiro atoms. The number of benzene rings is 1. The van der Waals surface area contributed by atoms with Gasteiger partial charge in [-0.15, -0.1) is 0 Å². The van der Waals surface area contributed by atoms with Crippen molar-refractivity contribution in [3.63, 3.8) is 0 Å². The van der Waals surface area contributed by atoms with Crippen LogP contribution in [0.4, 0.5) is 0 Å². The highest BCUT2D eigenvalue weighted by Gasteiger charge is 2.48. The fourth-order valence-corrected chi connectivity index (χ4v) is 6.28. The minimum absolute atomic E-state index is 0.0438. The number of fused-ring (bicyclic) bond motifs is 1. The van der Waals surface area contributed by atoms with Crippen molar-refractivity contribution in [2.45, 2.75) is 25.4 Å². The van der Waals surface area contributed by atoms with Crippen molar-refractivity contribution < 1.29 is 13.2 Å². The lowest BCUT2D eigenvalue weighted by Crippen LogP contribution is -2.60. The number of aromatic nitrogens is 2. The van der Waals surface area contributed by atoms with Gasteiger partial charge in [-0.05, 0) is 13.0 Å². The third kappa shape index (κ3) is 3.39. The minimum atomic E-state index is -3.14. The molecule has 27 heavy (non-hydrogen) atoms. The van der Waals surface area contributed by atoms with Crippen LogP contribution in [0.3, 0.4) is 0 Å². The number of piperazine rings is 1. The molecule has 0 saturated carbocycles. The van der Waals surface area contributed by atoms with Crippen LogP contribution in [-0.4, -0.2) is 77.5 Å². The van der Waals surface area contributed by atoms with Crippen molar-refractivity contribution in [3.05, 3.63) is 42.1 Å². The first kappa shape index (κ1) is 18.2. The van der Waals surface area contributed by atoms with E-state index in [1.165, 1.54) is 0 Å². The van der Waals surface area contributed by atoms with Crippen LogP contribution in [0.25, 0.3) is 11.3 Å². The van der Waals surface area contributed by atoms with E-state index in [9.17, 15) is 13.2 Å². The van der Waals surface area contributed by atoms with Gasteiger partial charge in [0.15, 0.2) is 9.84 Å². The summed E-state index contributed by atoms with van der Waals surface area (Å²) in [5, 5.41) is 6.99. The predicted octanol–water partition coefficient (Wildman–Crippen LogP) is 1.41. The SMILES string of the molecule is CCCN1CCN(C(=O)c2cn[nH]c2-c2ccccc2)[C@H]2CS(=O)(=O)C[C@H]21. The van der Waals surface area contributed by atoms with Crippen LogP contribution >= 0.6 is 0 Å². The first-order chi connectivity index (χ1) is 13.0. The van der Waals surface area contributed by atoms with Crippen molar-refractivity contribution in [2.24, 2.45) is 0 Å². The molecule has 7 nitrogen and oxygen atoms in total. The number of carbonyl (C=O) groups is 1. The lowest BCUT2D eigenvalue weighted by molar-refractivity contribution is 0.0334. The molecular formula is C19H24N4O3S. The van der Waals surface area contributed by atoms with Gasteiger partial charge in [-0.25, -0.2) is 8.42 Å². The minimum Gasteiger partial charge on any atom is -0.332 e. The summed E-state index contributed by atoms with van der Waals surface area (Å²) in [5.74, 6) is 0.0337. The van der Waals surface area contributed by atoms with E-state index in [1.807, 2.05) is 30.3 Å². The number of sulfone groups is 1. The fraction of sp³-hybridized carbons (Fsp3) is 0.474. The number of H-pyrrole nitrogens is 1. The molecule has 1 aromatic carbocycles. The summed E-state index contributed by atoms with van der Waals surface area (Å²) >= 11 is 0. The average molecular weight is 388 g/mol. The number of rotatable bonds is 4. The quantitative estimate of drug-likeness (QED) is 0.856. The zero-order chi connectivity index (χ0) is 19.0. The van der Waals surface area contributed by atoms with Gasteiger partial charge in [0.05, 0.1) is 35.0 Å². The van der Waals surface area contributed by atoms with Gasteiger partial charge in [0, 0.05) is 24.7 Å². The highest BCUT2D eigenvalue weighted by Crippen LogP contribution is 2.30. The number of nitrogens with zero attached hydrogens (tertiary/aromatic N) is 3. The lowest BCUT2D eigenvalue weighted by atomic mass is 10.0. The van der Waals surface area contributed by atoms with Crippen LogP contribution in [0.2, 0.25) is 0 Å². The summed E-state index contributed by atoms with van der Waals surface area (Å²) in [6.45, 7) is 4.19. The van der Waals surface area contributed by atoms with E-state index in [0.29, 0.717) is 24.3 Å². The number of carbonyl (C=O) groups excluding carboxylic acids is 1. The number of hydrogen-bond donors (Lipinski definition) is 1. The molecule has 0 radical (unpaired) electrons. The molecule has 2 aromatic rings. The van der Waals surface area contributed by atoms with Crippen molar-refractivity contribution >= 4 is 15.7 Å². The Labute approximate surface area is 159 Å². The third-order valence-electron chi connectivity index (χ3n) is 5.49. The van der Waals surface area contributed by atoms with Crippen LogP contribution in [0.5, 0.6) is 0 Å². The van der Waals surface area contributed by atoms with E-state index in [0.717, 1.165) is 18.5 Å². The summed E-state index contributed by atoms with van der Waals surface area (Å²) in [6.07, 6.45) is 2.51. The first-order valence-electron chi connectivity index (χ1n) is 9.34. The zero-order valence-electron chi connectivity index (χ0n) is 15.3. The Balaban J connectivity index is 1.64. The molecule has 1 N–H and O–H groups in total. The molecule has 2 aliphatic heterocycles. The molecule has 2 saturated heterocycles. The van der Waals surface area contributed by atoms with Crippen molar-refractivity contribution in [3.8, 4) is 11.3 Å². The molecule has 1 amide bonds. The summed E-state index contributed by atoms with van der Waals surface area (Å²) in [7, 11) is -3.14. The van der Waals surface area contributed by atoms with Crippen LogP contribution in [-0.2, 0) is 9.84 Å². The summed E-state index contributed by atoms with van der Waals surface area (Å²) < 4.78 is 24.6. The normalized spacial score (nSPS) is 24.7. The Hall–Kier alpha value is -2.19. The predicted molar refractivity (Wildman–Crippen MR) is 103 cm³/mol. The lowest BCUT2D eigenvalue weighted by Gasteiger charge is -2.43. The van der Waals surface area contributed by atoms with E-state index < -0.39 is 9.84 Å². The monoisotopic (exact) mass is 388 g/mol. The van der Waals surface area contributed by atoms with Gasteiger partial charge in [0.25, 0.3) is 5.91 Å². The molecule has 4 rings (SSSR count). The smallest absolute Gasteiger partial charge is 0.258 e. The number of nitrogens with one attached hydrogen (secondary N) is 1. The summed E-state index contributed by atoms with van der Waals surface area (Å²) in [6, 6.07) is 9.18. The molecule has 2 fully saturated rings. The van der Waals surface area contributed by atoms with Gasteiger partial charge in [-0.3, -0.25) is 14.8 Å². The Morgan fingerprint density at radius 3 is 2.67 bits per heavy atom. The van der Waals surface area contributed by atoms with Gasteiger partial charge in [-0.1, -0.05) is 37.3 Å². The van der Waals surface area contributed by atoms with E-state index in [2.05, 4.69) is 22.0 Å². The van der Waals surface area contributed by atoms with E-state index in [1.54, 1.807) is 11.1 Å². The average Bonchev–Trinajstić information content (AvgIpc) is 3.26. The fourth-order valence-electron chi connectivity index (χ4n) is 4.27. The Morgan fingerprint density at radius 2 is 1.93 bits per heavy atom.